The number of nitrogens with zero attached hydrogens (tertiary/aromatic N) is 1. The number of halogens is 1. The van der Waals surface area contributed by atoms with Gasteiger partial charge in [-0.25, -0.2) is 0 Å². The normalized spacial score (nSPS) is 17.6. The first-order chi connectivity index (χ1) is 10.1. The van der Waals surface area contributed by atoms with E-state index in [4.69, 9.17) is 11.6 Å². The Hall–Kier alpha value is -1.81. The van der Waals surface area contributed by atoms with Crippen molar-refractivity contribution in [1.29, 1.82) is 0 Å². The molecule has 0 fully saturated rings. The molecule has 2 rings (SSSR count). The molecule has 21 heavy (non-hydrogen) atoms. The highest BCUT2D eigenvalue weighted by molar-refractivity contribution is 6.25. The van der Waals surface area contributed by atoms with Crippen LogP contribution in [0, 0.1) is 0 Å². The highest BCUT2D eigenvalue weighted by Gasteiger charge is 2.43. The number of anilines is 1. The molecule has 0 spiro atoms. The maximum Gasteiger partial charge on any atom is 0.254 e. The lowest BCUT2D eigenvalue weighted by Gasteiger charge is -2.33. The summed E-state index contributed by atoms with van der Waals surface area (Å²) in [5.74, 6) is -0.305. The van der Waals surface area contributed by atoms with Crippen molar-refractivity contribution in [2.24, 2.45) is 0 Å². The van der Waals surface area contributed by atoms with Crippen LogP contribution >= 0.6 is 11.6 Å². The smallest absolute Gasteiger partial charge is 0.254 e. The van der Waals surface area contributed by atoms with Crippen molar-refractivity contribution in [3.05, 3.63) is 41.4 Å². The minimum atomic E-state index is -0.865. The van der Waals surface area contributed by atoms with Gasteiger partial charge in [0.2, 0.25) is 0 Å². The minimum Gasteiger partial charge on any atom is -0.338 e. The average molecular weight is 307 g/mol. The second-order valence-corrected chi connectivity index (χ2v) is 5.29. The van der Waals surface area contributed by atoms with E-state index in [9.17, 15) is 9.59 Å². The molecule has 4 nitrogen and oxygen atoms in total. The van der Waals surface area contributed by atoms with E-state index in [-0.39, 0.29) is 11.8 Å². The number of benzene rings is 1. The van der Waals surface area contributed by atoms with Crippen LogP contribution in [0.5, 0.6) is 0 Å². The second kappa shape index (κ2) is 6.31. The largest absolute Gasteiger partial charge is 0.338 e. The molecule has 0 saturated carbocycles. The van der Waals surface area contributed by atoms with Crippen LogP contribution in [0.2, 0.25) is 0 Å². The third kappa shape index (κ3) is 2.68. The summed E-state index contributed by atoms with van der Waals surface area (Å²) < 4.78 is 0. The maximum absolute atomic E-state index is 13.0. The molecule has 2 amide bonds. The lowest BCUT2D eigenvalue weighted by atomic mass is 9.91. The molecule has 1 aliphatic heterocycles. The molecular formula is C16H19ClN2O2. The highest BCUT2D eigenvalue weighted by Crippen LogP contribution is 2.30. The number of hydrogen-bond acceptors (Lipinski definition) is 2. The summed E-state index contributed by atoms with van der Waals surface area (Å²) in [4.78, 5) is 27.1. The number of hydrogen-bond donors (Lipinski definition) is 1. The van der Waals surface area contributed by atoms with Crippen molar-refractivity contribution in [2.75, 3.05) is 11.4 Å². The molecule has 5 heteroatoms. The molecule has 1 aliphatic rings. The van der Waals surface area contributed by atoms with E-state index >= 15 is 0 Å². The van der Waals surface area contributed by atoms with Gasteiger partial charge in [-0.1, -0.05) is 43.7 Å². The minimum absolute atomic E-state index is 0.0967. The molecule has 112 valence electrons. The van der Waals surface area contributed by atoms with E-state index in [1.807, 2.05) is 19.9 Å². The molecule has 0 aromatic heterocycles. The van der Waals surface area contributed by atoms with Gasteiger partial charge in [0.25, 0.3) is 11.8 Å². The van der Waals surface area contributed by atoms with Crippen LogP contribution in [-0.4, -0.2) is 23.9 Å². The monoisotopic (exact) mass is 306 g/mol. The van der Waals surface area contributed by atoms with Gasteiger partial charge < -0.3 is 10.2 Å². The van der Waals surface area contributed by atoms with E-state index in [0.717, 1.165) is 0 Å². The van der Waals surface area contributed by atoms with Gasteiger partial charge in [-0.15, -0.1) is 0 Å². The molecule has 0 unspecified atom stereocenters. The zero-order chi connectivity index (χ0) is 15.5. The fraction of sp³-hybridized carbons (Fsp3) is 0.375. The molecule has 1 N–H and O–H groups in total. The number of carbonyl (C=O) groups is 2. The summed E-state index contributed by atoms with van der Waals surface area (Å²) in [6, 6.07) is 7.14. The SMILES string of the molecule is CCC1(CC)NC(=O)c2ccccc2N(C/C=C/Cl)C1=O. The van der Waals surface area contributed by atoms with Gasteiger partial charge >= 0.3 is 0 Å². The zero-order valence-electron chi connectivity index (χ0n) is 12.2. The van der Waals surface area contributed by atoms with E-state index < -0.39 is 5.54 Å². The van der Waals surface area contributed by atoms with Gasteiger partial charge in [0.15, 0.2) is 0 Å². The van der Waals surface area contributed by atoms with Crippen LogP contribution in [-0.2, 0) is 4.79 Å². The van der Waals surface area contributed by atoms with Gasteiger partial charge in [-0.2, -0.15) is 0 Å². The molecule has 1 aromatic carbocycles. The van der Waals surface area contributed by atoms with E-state index in [1.165, 1.54) is 5.54 Å². The summed E-state index contributed by atoms with van der Waals surface area (Å²) in [6.07, 6.45) is 2.79. The summed E-state index contributed by atoms with van der Waals surface area (Å²) in [5, 5.41) is 2.92. The number of rotatable bonds is 4. The van der Waals surface area contributed by atoms with Gasteiger partial charge in [-0.05, 0) is 25.0 Å². The fourth-order valence-corrected chi connectivity index (χ4v) is 2.74. The molecule has 1 heterocycles. The van der Waals surface area contributed by atoms with E-state index in [1.54, 1.807) is 29.2 Å². The number of amides is 2. The molecule has 0 saturated heterocycles. The van der Waals surface area contributed by atoms with Gasteiger partial charge in [0.05, 0.1) is 11.3 Å². The van der Waals surface area contributed by atoms with E-state index in [0.29, 0.717) is 30.6 Å². The Morgan fingerprint density at radius 2 is 1.90 bits per heavy atom. The van der Waals surface area contributed by atoms with Crippen LogP contribution in [0.4, 0.5) is 5.69 Å². The first-order valence-electron chi connectivity index (χ1n) is 7.08. The summed E-state index contributed by atoms with van der Waals surface area (Å²) >= 11 is 5.60. The van der Waals surface area contributed by atoms with Crippen LogP contribution in [0.25, 0.3) is 0 Å². The van der Waals surface area contributed by atoms with Crippen LogP contribution < -0.4 is 10.2 Å². The van der Waals surface area contributed by atoms with Gasteiger partial charge in [-0.3, -0.25) is 9.59 Å². The fourth-order valence-electron chi connectivity index (χ4n) is 2.66. The summed E-state index contributed by atoms with van der Waals surface area (Å²) in [6.45, 7) is 4.16. The van der Waals surface area contributed by atoms with Crippen LogP contribution in [0.1, 0.15) is 37.0 Å². The zero-order valence-corrected chi connectivity index (χ0v) is 13.0. The number of nitrogens with one attached hydrogen (secondary N) is 1. The lowest BCUT2D eigenvalue weighted by molar-refractivity contribution is -0.124. The van der Waals surface area contributed by atoms with E-state index in [2.05, 4.69) is 5.32 Å². The summed E-state index contributed by atoms with van der Waals surface area (Å²) in [7, 11) is 0. The second-order valence-electron chi connectivity index (χ2n) is 5.04. The molecular weight excluding hydrogens is 288 g/mol. The van der Waals surface area contributed by atoms with Gasteiger partial charge in [0.1, 0.15) is 5.54 Å². The molecule has 0 aliphatic carbocycles. The third-order valence-electron chi connectivity index (χ3n) is 4.03. The Kier molecular flexibility index (Phi) is 4.68. The highest BCUT2D eigenvalue weighted by atomic mass is 35.5. The van der Waals surface area contributed by atoms with Crippen molar-refractivity contribution < 1.29 is 9.59 Å². The Morgan fingerprint density at radius 3 is 2.52 bits per heavy atom. The van der Waals surface area contributed by atoms with Crippen molar-refractivity contribution in [3.63, 3.8) is 0 Å². The Bertz CT molecular complexity index is 579. The number of carbonyl (C=O) groups excluding carboxylic acids is 2. The molecule has 0 atom stereocenters. The number of fused-ring (bicyclic) bond motifs is 1. The summed E-state index contributed by atoms with van der Waals surface area (Å²) in [5.41, 5.74) is 1.66. The molecule has 0 radical (unpaired) electrons. The van der Waals surface area contributed by atoms with Crippen molar-refractivity contribution in [2.45, 2.75) is 32.2 Å². The quantitative estimate of drug-likeness (QED) is 0.929. The predicted octanol–water partition coefficient (Wildman–Crippen LogP) is 3.07. The predicted molar refractivity (Wildman–Crippen MR) is 84.6 cm³/mol. The topological polar surface area (TPSA) is 49.4 Å². The Labute approximate surface area is 129 Å². The standard InChI is InChI=1S/C16H19ClN2O2/c1-3-16(4-2)15(21)19(11-7-10-17)13-9-6-5-8-12(13)14(20)18-16/h5-10H,3-4,11H2,1-2H3,(H,18,20)/b10-7+. The lowest BCUT2D eigenvalue weighted by Crippen LogP contribution is -2.57. The van der Waals surface area contributed by atoms with Crippen molar-refractivity contribution in [3.8, 4) is 0 Å². The number of para-hydroxylation sites is 1. The molecule has 0 bridgehead atoms. The van der Waals surface area contributed by atoms with Crippen molar-refractivity contribution in [1.82, 2.24) is 5.32 Å². The molecule has 1 aromatic rings. The maximum atomic E-state index is 13.0. The van der Waals surface area contributed by atoms with Crippen molar-refractivity contribution >= 4 is 29.1 Å². The van der Waals surface area contributed by atoms with Gasteiger partial charge in [0, 0.05) is 12.1 Å². The van der Waals surface area contributed by atoms with Crippen LogP contribution in [0.15, 0.2) is 35.9 Å². The average Bonchev–Trinajstić information content (AvgIpc) is 2.61. The first-order valence-corrected chi connectivity index (χ1v) is 7.52. The third-order valence-corrected chi connectivity index (χ3v) is 4.21. The van der Waals surface area contributed by atoms with Crippen LogP contribution in [0.3, 0.4) is 0 Å². The first kappa shape index (κ1) is 15.6. The Balaban J connectivity index is 2.59. The Morgan fingerprint density at radius 1 is 1.24 bits per heavy atom.